The first-order valence-electron chi connectivity index (χ1n) is 6.94. The molecule has 8 heteroatoms. The van der Waals surface area contributed by atoms with Crippen LogP contribution in [0.4, 0.5) is 0 Å². The summed E-state index contributed by atoms with van der Waals surface area (Å²) in [5.74, 6) is -0.882. The molecule has 0 spiro atoms. The Morgan fingerprint density at radius 3 is 2.40 bits per heavy atom. The Morgan fingerprint density at radius 1 is 1.20 bits per heavy atom. The predicted molar refractivity (Wildman–Crippen MR) is 74.5 cm³/mol. The molecule has 0 aromatic heterocycles. The van der Waals surface area contributed by atoms with E-state index in [2.05, 4.69) is 4.90 Å². The monoisotopic (exact) mass is 305 g/mol. The fourth-order valence-electron chi connectivity index (χ4n) is 2.87. The van der Waals surface area contributed by atoms with Crippen molar-refractivity contribution >= 4 is 15.9 Å². The van der Waals surface area contributed by atoms with Gasteiger partial charge in [0.25, 0.3) is 0 Å². The van der Waals surface area contributed by atoms with E-state index in [-0.39, 0.29) is 6.54 Å². The van der Waals surface area contributed by atoms with E-state index in [1.807, 2.05) is 0 Å². The maximum absolute atomic E-state index is 11.7. The SMILES string of the molecule is CS(=O)(=O)N1CCN(C2CCOCC2)C[C@H](C(N)=O)C1. The van der Waals surface area contributed by atoms with Crippen molar-refractivity contribution in [3.63, 3.8) is 0 Å². The van der Waals surface area contributed by atoms with Gasteiger partial charge >= 0.3 is 0 Å². The zero-order chi connectivity index (χ0) is 14.8. The molecule has 116 valence electrons. The van der Waals surface area contributed by atoms with Gasteiger partial charge in [-0.05, 0) is 12.8 Å². The summed E-state index contributed by atoms with van der Waals surface area (Å²) < 4.78 is 30.2. The van der Waals surface area contributed by atoms with Crippen LogP contribution in [0.25, 0.3) is 0 Å². The molecule has 0 bridgehead atoms. The Balaban J connectivity index is 2.11. The number of ether oxygens (including phenoxy) is 1. The smallest absolute Gasteiger partial charge is 0.223 e. The Labute approximate surface area is 120 Å². The first kappa shape index (κ1) is 15.7. The first-order chi connectivity index (χ1) is 9.38. The minimum absolute atomic E-state index is 0.188. The van der Waals surface area contributed by atoms with E-state index in [0.29, 0.717) is 25.7 Å². The molecule has 2 rings (SSSR count). The maximum Gasteiger partial charge on any atom is 0.223 e. The number of rotatable bonds is 3. The quantitative estimate of drug-likeness (QED) is 0.710. The zero-order valence-electron chi connectivity index (χ0n) is 11.8. The molecule has 0 aliphatic carbocycles. The van der Waals surface area contributed by atoms with Crippen molar-refractivity contribution in [2.75, 3.05) is 45.6 Å². The summed E-state index contributed by atoms with van der Waals surface area (Å²) in [5, 5.41) is 0. The van der Waals surface area contributed by atoms with Gasteiger partial charge in [-0.25, -0.2) is 12.7 Å². The fraction of sp³-hybridized carbons (Fsp3) is 0.917. The van der Waals surface area contributed by atoms with Gasteiger partial charge < -0.3 is 10.5 Å². The normalized spacial score (nSPS) is 28.1. The first-order valence-corrected chi connectivity index (χ1v) is 8.79. The third kappa shape index (κ3) is 3.91. The lowest BCUT2D eigenvalue weighted by atomic mass is 10.0. The summed E-state index contributed by atoms with van der Waals surface area (Å²) >= 11 is 0. The molecular formula is C12H23N3O4S. The van der Waals surface area contributed by atoms with Gasteiger partial charge in [0, 0.05) is 45.4 Å². The molecule has 0 saturated carbocycles. The Morgan fingerprint density at radius 2 is 1.85 bits per heavy atom. The third-order valence-corrected chi connectivity index (χ3v) is 5.36. The van der Waals surface area contributed by atoms with Crippen molar-refractivity contribution in [3.05, 3.63) is 0 Å². The van der Waals surface area contributed by atoms with Gasteiger partial charge in [0.2, 0.25) is 15.9 Å². The molecule has 0 aromatic rings. The molecule has 2 aliphatic heterocycles. The molecule has 1 atom stereocenters. The molecule has 0 radical (unpaired) electrons. The van der Waals surface area contributed by atoms with Gasteiger partial charge in [0.1, 0.15) is 0 Å². The van der Waals surface area contributed by atoms with Crippen LogP contribution in [0.5, 0.6) is 0 Å². The molecule has 2 N–H and O–H groups in total. The van der Waals surface area contributed by atoms with Crippen LogP contribution in [0.3, 0.4) is 0 Å². The summed E-state index contributed by atoms with van der Waals surface area (Å²) in [6, 6.07) is 0.352. The molecule has 7 nitrogen and oxygen atoms in total. The van der Waals surface area contributed by atoms with Crippen LogP contribution in [0, 0.1) is 5.92 Å². The van der Waals surface area contributed by atoms with Crippen LogP contribution >= 0.6 is 0 Å². The number of hydrogen-bond donors (Lipinski definition) is 1. The summed E-state index contributed by atoms with van der Waals surface area (Å²) in [7, 11) is -3.30. The second kappa shape index (κ2) is 6.38. The topological polar surface area (TPSA) is 92.9 Å². The highest BCUT2D eigenvalue weighted by molar-refractivity contribution is 7.88. The van der Waals surface area contributed by atoms with Crippen molar-refractivity contribution in [3.8, 4) is 0 Å². The summed E-state index contributed by atoms with van der Waals surface area (Å²) in [6.07, 6.45) is 3.02. The average Bonchev–Trinajstić information content (AvgIpc) is 2.62. The molecule has 2 saturated heterocycles. The number of amides is 1. The highest BCUT2D eigenvalue weighted by Gasteiger charge is 2.33. The lowest BCUT2D eigenvalue weighted by molar-refractivity contribution is -0.122. The number of sulfonamides is 1. The lowest BCUT2D eigenvalue weighted by Gasteiger charge is -2.34. The van der Waals surface area contributed by atoms with Gasteiger partial charge in [0.05, 0.1) is 12.2 Å². The van der Waals surface area contributed by atoms with Crippen LogP contribution in [0.2, 0.25) is 0 Å². The van der Waals surface area contributed by atoms with Crippen LogP contribution in [-0.4, -0.2) is 75.2 Å². The average molecular weight is 305 g/mol. The number of nitrogens with two attached hydrogens (primary N) is 1. The number of carbonyl (C=O) groups is 1. The van der Waals surface area contributed by atoms with Crippen molar-refractivity contribution in [1.82, 2.24) is 9.21 Å². The summed E-state index contributed by atoms with van der Waals surface area (Å²) in [4.78, 5) is 13.8. The fourth-order valence-corrected chi connectivity index (χ4v) is 3.74. The second-order valence-corrected chi connectivity index (χ2v) is 7.54. The van der Waals surface area contributed by atoms with E-state index < -0.39 is 21.8 Å². The molecule has 20 heavy (non-hydrogen) atoms. The lowest BCUT2D eigenvalue weighted by Crippen LogP contribution is -2.44. The highest BCUT2D eigenvalue weighted by Crippen LogP contribution is 2.20. The summed E-state index contributed by atoms with van der Waals surface area (Å²) in [6.45, 7) is 3.22. The summed E-state index contributed by atoms with van der Waals surface area (Å²) in [5.41, 5.74) is 5.42. The Bertz CT molecular complexity index is 448. The van der Waals surface area contributed by atoms with E-state index in [4.69, 9.17) is 10.5 Å². The standard InChI is InChI=1S/C12H23N3O4S/c1-20(17,18)15-5-4-14(8-10(9-15)12(13)16)11-2-6-19-7-3-11/h10-11H,2-9H2,1H3,(H2,13,16)/t10-/m0/s1. The highest BCUT2D eigenvalue weighted by atomic mass is 32.2. The van der Waals surface area contributed by atoms with E-state index in [9.17, 15) is 13.2 Å². The molecule has 2 fully saturated rings. The third-order valence-electron chi connectivity index (χ3n) is 4.09. The van der Waals surface area contributed by atoms with Gasteiger partial charge in [0.15, 0.2) is 0 Å². The van der Waals surface area contributed by atoms with Crippen molar-refractivity contribution in [2.45, 2.75) is 18.9 Å². The van der Waals surface area contributed by atoms with Crippen molar-refractivity contribution < 1.29 is 17.9 Å². The number of hydrogen-bond acceptors (Lipinski definition) is 5. The van der Waals surface area contributed by atoms with Crippen LogP contribution < -0.4 is 5.73 Å². The second-order valence-electron chi connectivity index (χ2n) is 5.56. The minimum Gasteiger partial charge on any atom is -0.381 e. The molecule has 2 heterocycles. The van der Waals surface area contributed by atoms with Gasteiger partial charge in [-0.15, -0.1) is 0 Å². The molecule has 1 amide bonds. The van der Waals surface area contributed by atoms with Crippen molar-refractivity contribution in [1.29, 1.82) is 0 Å². The van der Waals surface area contributed by atoms with Crippen LogP contribution in [0.1, 0.15) is 12.8 Å². The van der Waals surface area contributed by atoms with E-state index in [1.165, 1.54) is 10.6 Å². The van der Waals surface area contributed by atoms with Crippen LogP contribution in [0.15, 0.2) is 0 Å². The number of carbonyl (C=O) groups excluding carboxylic acids is 1. The molecule has 0 unspecified atom stereocenters. The predicted octanol–water partition coefficient (Wildman–Crippen LogP) is -1.16. The molecule has 2 aliphatic rings. The Hall–Kier alpha value is -0.700. The van der Waals surface area contributed by atoms with Gasteiger partial charge in [-0.2, -0.15) is 0 Å². The van der Waals surface area contributed by atoms with Crippen LogP contribution in [-0.2, 0) is 19.6 Å². The van der Waals surface area contributed by atoms with Gasteiger partial charge in [-0.1, -0.05) is 0 Å². The number of primary amides is 1. The van der Waals surface area contributed by atoms with Gasteiger partial charge in [-0.3, -0.25) is 9.69 Å². The number of nitrogens with zero attached hydrogens (tertiary/aromatic N) is 2. The molecule has 0 aromatic carbocycles. The molecular weight excluding hydrogens is 282 g/mol. The van der Waals surface area contributed by atoms with E-state index >= 15 is 0 Å². The van der Waals surface area contributed by atoms with Crippen molar-refractivity contribution in [2.24, 2.45) is 11.7 Å². The Kier molecular flexibility index (Phi) is 5.00. The van der Waals surface area contributed by atoms with E-state index in [1.54, 1.807) is 0 Å². The largest absolute Gasteiger partial charge is 0.381 e. The maximum atomic E-state index is 11.7. The van der Waals surface area contributed by atoms with E-state index in [0.717, 1.165) is 26.1 Å². The zero-order valence-corrected chi connectivity index (χ0v) is 12.6. The minimum atomic E-state index is -3.30.